The highest BCUT2D eigenvalue weighted by atomic mass is 19.3. The number of alkyl halides is 2. The Bertz CT molecular complexity index is 576. The molecule has 0 bridgehead atoms. The summed E-state index contributed by atoms with van der Waals surface area (Å²) in [5.41, 5.74) is 7.39. The van der Waals surface area contributed by atoms with Crippen LogP contribution in [0.3, 0.4) is 0 Å². The number of aromatic nitrogens is 1. The molecule has 2 heterocycles. The van der Waals surface area contributed by atoms with Gasteiger partial charge < -0.3 is 15.2 Å². The molecule has 2 aromatic rings. The maximum Gasteiger partial charge on any atom is 0.586 e. The maximum absolute atomic E-state index is 12.9. The summed E-state index contributed by atoms with van der Waals surface area (Å²) in [5.74, 6) is -0.0216. The molecule has 2 N–H and O–H groups in total. The number of benzene rings is 1. The van der Waals surface area contributed by atoms with Gasteiger partial charge in [-0.25, -0.2) is 0 Å². The number of aryl methyl sites for hydroxylation is 1. The molecule has 1 aliphatic rings. The van der Waals surface area contributed by atoms with Gasteiger partial charge in [0.05, 0.1) is 16.9 Å². The second-order valence-electron chi connectivity index (χ2n) is 3.82. The molecule has 0 amide bonds. The van der Waals surface area contributed by atoms with Crippen molar-refractivity contribution in [3.05, 3.63) is 23.9 Å². The average molecular weight is 238 g/mol. The molecular formula is C11H8F2N2O2. The largest absolute Gasteiger partial charge is 0.586 e. The van der Waals surface area contributed by atoms with Gasteiger partial charge in [-0.15, -0.1) is 8.78 Å². The summed E-state index contributed by atoms with van der Waals surface area (Å²) in [4.78, 5) is 4.19. The number of rotatable bonds is 0. The zero-order valence-electron chi connectivity index (χ0n) is 8.83. The highest BCUT2D eigenvalue weighted by molar-refractivity contribution is 5.85. The molecule has 1 aromatic carbocycles. The second-order valence-corrected chi connectivity index (χ2v) is 3.82. The van der Waals surface area contributed by atoms with Crippen LogP contribution in [0.2, 0.25) is 0 Å². The molecule has 17 heavy (non-hydrogen) atoms. The first-order chi connectivity index (χ1) is 7.94. The molecule has 0 saturated carbocycles. The van der Waals surface area contributed by atoms with Gasteiger partial charge >= 0.3 is 6.29 Å². The van der Waals surface area contributed by atoms with Crippen molar-refractivity contribution >= 4 is 16.6 Å². The number of ether oxygens (including phenoxy) is 2. The Morgan fingerprint density at radius 3 is 2.53 bits per heavy atom. The minimum Gasteiger partial charge on any atom is -0.397 e. The first-order valence-corrected chi connectivity index (χ1v) is 4.91. The Morgan fingerprint density at radius 2 is 1.82 bits per heavy atom. The van der Waals surface area contributed by atoms with Crippen molar-refractivity contribution < 1.29 is 18.3 Å². The number of fused-ring (bicyclic) bond motifs is 2. The van der Waals surface area contributed by atoms with E-state index in [9.17, 15) is 8.78 Å². The Morgan fingerprint density at radius 1 is 1.18 bits per heavy atom. The minimum absolute atomic E-state index is 0.00690. The average Bonchev–Trinajstić information content (AvgIpc) is 2.50. The molecule has 0 spiro atoms. The quantitative estimate of drug-likeness (QED) is 0.765. The summed E-state index contributed by atoms with van der Waals surface area (Å²) < 4.78 is 34.4. The summed E-state index contributed by atoms with van der Waals surface area (Å²) >= 11 is 0. The summed E-state index contributed by atoms with van der Waals surface area (Å²) in [6.07, 6.45) is -3.61. The van der Waals surface area contributed by atoms with Crippen molar-refractivity contribution in [3.8, 4) is 11.5 Å². The van der Waals surface area contributed by atoms with Gasteiger partial charge in [0.2, 0.25) is 0 Å². The lowest BCUT2D eigenvalue weighted by atomic mass is 10.1. The van der Waals surface area contributed by atoms with Crippen LogP contribution in [0.5, 0.6) is 11.5 Å². The lowest BCUT2D eigenvalue weighted by Gasteiger charge is -2.04. The van der Waals surface area contributed by atoms with Crippen molar-refractivity contribution in [3.63, 3.8) is 0 Å². The van der Waals surface area contributed by atoms with Crippen LogP contribution in [0, 0.1) is 6.92 Å². The molecule has 0 atom stereocenters. The molecule has 0 fully saturated rings. The Kier molecular flexibility index (Phi) is 1.76. The number of nitrogens with zero attached hydrogens (tertiary/aromatic N) is 1. The fraction of sp³-hybridized carbons (Fsp3) is 0.182. The highest BCUT2D eigenvalue weighted by Crippen LogP contribution is 2.43. The van der Waals surface area contributed by atoms with Crippen LogP contribution in [0.15, 0.2) is 18.2 Å². The molecule has 88 valence electrons. The summed E-state index contributed by atoms with van der Waals surface area (Å²) in [6.45, 7) is 1.74. The van der Waals surface area contributed by atoms with Crippen molar-refractivity contribution in [2.45, 2.75) is 13.2 Å². The fourth-order valence-corrected chi connectivity index (χ4v) is 1.73. The van der Waals surface area contributed by atoms with Gasteiger partial charge in [-0.05, 0) is 19.1 Å². The van der Waals surface area contributed by atoms with Crippen LogP contribution in [-0.2, 0) is 0 Å². The molecule has 4 nitrogen and oxygen atoms in total. The fourth-order valence-electron chi connectivity index (χ4n) is 1.73. The highest BCUT2D eigenvalue weighted by Gasteiger charge is 2.43. The Balaban J connectivity index is 2.23. The van der Waals surface area contributed by atoms with E-state index in [4.69, 9.17) is 5.73 Å². The Hall–Kier alpha value is -2.11. The van der Waals surface area contributed by atoms with Crippen molar-refractivity contribution in [1.82, 2.24) is 4.98 Å². The number of nitrogens with two attached hydrogens (primary N) is 1. The van der Waals surface area contributed by atoms with Gasteiger partial charge in [-0.2, -0.15) is 0 Å². The van der Waals surface area contributed by atoms with E-state index in [2.05, 4.69) is 14.5 Å². The summed E-state index contributed by atoms with van der Waals surface area (Å²) in [5, 5.41) is 0.633. The standard InChI is InChI=1S/C11H8F2N2O2/c1-5-7(14)2-6-3-9-10(4-8(6)15-5)17-11(12,13)16-9/h2-4H,14H2,1H3. The number of anilines is 1. The van der Waals surface area contributed by atoms with Crippen LogP contribution < -0.4 is 15.2 Å². The van der Waals surface area contributed by atoms with Crippen LogP contribution in [0.25, 0.3) is 10.9 Å². The summed E-state index contributed by atoms with van der Waals surface area (Å²) in [7, 11) is 0. The molecule has 0 aliphatic carbocycles. The van der Waals surface area contributed by atoms with Crippen molar-refractivity contribution in [2.75, 3.05) is 5.73 Å². The normalized spacial score (nSPS) is 16.4. The van der Waals surface area contributed by atoms with Gasteiger partial charge in [-0.3, -0.25) is 4.98 Å². The number of halogens is 2. The van der Waals surface area contributed by atoms with E-state index in [-0.39, 0.29) is 11.5 Å². The van der Waals surface area contributed by atoms with E-state index in [1.54, 1.807) is 13.0 Å². The molecule has 1 aromatic heterocycles. The van der Waals surface area contributed by atoms with E-state index in [0.717, 1.165) is 0 Å². The number of hydrogen-bond acceptors (Lipinski definition) is 4. The van der Waals surface area contributed by atoms with Gasteiger partial charge in [0.1, 0.15) is 0 Å². The molecule has 6 heteroatoms. The van der Waals surface area contributed by atoms with Crippen LogP contribution >= 0.6 is 0 Å². The predicted octanol–water partition coefficient (Wildman–Crippen LogP) is 2.45. The van der Waals surface area contributed by atoms with Gasteiger partial charge in [0.25, 0.3) is 0 Å². The second kappa shape index (κ2) is 2.97. The van der Waals surface area contributed by atoms with Crippen molar-refractivity contribution in [2.24, 2.45) is 0 Å². The zero-order valence-corrected chi connectivity index (χ0v) is 8.83. The molecular weight excluding hydrogens is 230 g/mol. The number of hydrogen-bond donors (Lipinski definition) is 1. The lowest BCUT2D eigenvalue weighted by Crippen LogP contribution is -2.25. The smallest absolute Gasteiger partial charge is 0.397 e. The summed E-state index contributed by atoms with van der Waals surface area (Å²) in [6, 6.07) is 4.52. The minimum atomic E-state index is -3.61. The van der Waals surface area contributed by atoms with E-state index in [1.807, 2.05) is 0 Å². The van der Waals surface area contributed by atoms with Gasteiger partial charge in [0.15, 0.2) is 11.5 Å². The third-order valence-corrected chi connectivity index (χ3v) is 2.57. The number of pyridine rings is 1. The monoisotopic (exact) mass is 238 g/mol. The molecule has 0 radical (unpaired) electrons. The molecule has 1 aliphatic heterocycles. The van der Waals surface area contributed by atoms with Gasteiger partial charge in [-0.1, -0.05) is 0 Å². The van der Waals surface area contributed by atoms with E-state index in [0.29, 0.717) is 22.3 Å². The predicted molar refractivity (Wildman–Crippen MR) is 57.1 cm³/mol. The van der Waals surface area contributed by atoms with E-state index in [1.165, 1.54) is 12.1 Å². The zero-order chi connectivity index (χ0) is 12.2. The third kappa shape index (κ3) is 1.52. The van der Waals surface area contributed by atoms with Gasteiger partial charge in [0, 0.05) is 11.5 Å². The lowest BCUT2D eigenvalue weighted by molar-refractivity contribution is -0.286. The number of nitrogen functional groups attached to an aromatic ring is 1. The van der Waals surface area contributed by atoms with Crippen molar-refractivity contribution in [1.29, 1.82) is 0 Å². The van der Waals surface area contributed by atoms with E-state index < -0.39 is 6.29 Å². The first kappa shape index (κ1) is 10.1. The SMILES string of the molecule is Cc1nc2cc3c(cc2cc1N)OC(F)(F)O3. The topological polar surface area (TPSA) is 57.4 Å². The van der Waals surface area contributed by atoms with Crippen LogP contribution in [0.4, 0.5) is 14.5 Å². The molecule has 0 saturated heterocycles. The Labute approximate surface area is 95.0 Å². The van der Waals surface area contributed by atoms with Crippen LogP contribution in [0.1, 0.15) is 5.69 Å². The van der Waals surface area contributed by atoms with Crippen LogP contribution in [-0.4, -0.2) is 11.3 Å². The third-order valence-electron chi connectivity index (χ3n) is 2.57. The molecule has 0 unspecified atom stereocenters. The first-order valence-electron chi connectivity index (χ1n) is 4.91. The maximum atomic E-state index is 12.9. The molecule has 3 rings (SSSR count). The van der Waals surface area contributed by atoms with E-state index >= 15 is 0 Å².